The summed E-state index contributed by atoms with van der Waals surface area (Å²) in [4.78, 5) is 37.9. The van der Waals surface area contributed by atoms with Gasteiger partial charge in [-0.2, -0.15) is 23.0 Å². The predicted molar refractivity (Wildman–Crippen MR) is 112 cm³/mol. The Balaban J connectivity index is 0.00000171. The molecule has 3 aliphatic rings. The number of nitrogens with two attached hydrogens (primary N) is 1. The smallest absolute Gasteiger partial charge is 0.245 e. The van der Waals surface area contributed by atoms with Crippen LogP contribution in [0.2, 0.25) is 0 Å². The summed E-state index contributed by atoms with van der Waals surface area (Å²) in [6, 6.07) is 0.407. The largest absolute Gasteiger partial charge is 0.475 e. The summed E-state index contributed by atoms with van der Waals surface area (Å²) >= 11 is 5.57. The molecule has 0 aromatic carbocycles. The third-order valence-corrected chi connectivity index (χ3v) is 9.71. The zero-order valence-electron chi connectivity index (χ0n) is 17.0. The molecule has 3 N–H and O–H groups in total. The summed E-state index contributed by atoms with van der Waals surface area (Å²) in [5.41, 5.74) is 7.71. The maximum absolute atomic E-state index is 12.6. The Morgan fingerprint density at radius 1 is 1.34 bits per heavy atom. The molecule has 1 unspecified atom stereocenters. The number of tetrazole rings is 1. The molecule has 17 heteroatoms. The molecule has 3 radical (unpaired) electrons. The van der Waals surface area contributed by atoms with Gasteiger partial charge < -0.3 is 25.8 Å². The molecule has 2 saturated heterocycles. The van der Waals surface area contributed by atoms with Gasteiger partial charge in [-0.05, 0) is 24.8 Å². The van der Waals surface area contributed by atoms with Crippen LogP contribution in [0.15, 0.2) is 26.2 Å². The Kier molecular flexibility index (Phi) is 13.6. The number of β-lactam (4-membered cyclic amide) rings is 1. The summed E-state index contributed by atoms with van der Waals surface area (Å²) in [5, 5.41) is 17.6. The Bertz CT molecular complexity index is 939. The average molecular weight is 736 g/mol. The first-order valence-electron chi connectivity index (χ1n) is 8.33. The number of rotatable bonds is 6. The molecule has 0 spiro atoms. The van der Waals surface area contributed by atoms with E-state index in [4.69, 9.17) is 5.73 Å². The molecule has 3 aliphatic heterocycles. The summed E-state index contributed by atoms with van der Waals surface area (Å²) in [5.74, 6) is 0.452. The van der Waals surface area contributed by atoms with Gasteiger partial charge >= 0.3 is 0 Å². The topological polar surface area (TPSA) is 145 Å². The van der Waals surface area contributed by atoms with E-state index < -0.39 is 10.5 Å². The van der Waals surface area contributed by atoms with Crippen LogP contribution in [0.5, 0.6) is 0 Å². The van der Waals surface area contributed by atoms with Gasteiger partial charge in [-0.1, -0.05) is 23.5 Å². The van der Waals surface area contributed by atoms with Crippen LogP contribution in [0.1, 0.15) is 13.8 Å². The van der Waals surface area contributed by atoms with Gasteiger partial charge in [-0.15, -0.1) is 11.8 Å². The van der Waals surface area contributed by atoms with Gasteiger partial charge in [-0.25, -0.2) is 0 Å². The minimum atomic E-state index is -0.495. The number of amides is 3. The quantitative estimate of drug-likeness (QED) is 0.180. The molecule has 163 valence electrons. The molecule has 1 aromatic rings. The first-order chi connectivity index (χ1) is 13.9. The van der Waals surface area contributed by atoms with Crippen molar-refractivity contribution in [2.45, 2.75) is 29.0 Å². The molecule has 32 heavy (non-hydrogen) atoms. The van der Waals surface area contributed by atoms with Crippen molar-refractivity contribution in [1.29, 1.82) is 0 Å². The zero-order chi connectivity index (χ0) is 20.7. The van der Waals surface area contributed by atoms with E-state index >= 15 is 0 Å². The molecular weight excluding hydrogens is 721 g/mol. The Hall–Kier alpha value is 1.54. The van der Waals surface area contributed by atoms with Crippen LogP contribution in [-0.4, -0.2) is 59.6 Å². The van der Waals surface area contributed by atoms with Crippen molar-refractivity contribution in [2.24, 2.45) is 5.73 Å². The maximum Gasteiger partial charge on any atom is 0.245 e. The van der Waals surface area contributed by atoms with Gasteiger partial charge in [0.05, 0.1) is 9.39 Å². The molecule has 0 saturated carbocycles. The second-order valence-electron chi connectivity index (χ2n) is 6.22. The zero-order valence-corrected chi connectivity index (χ0v) is 28.8. The standard InChI is InChI=1S/C15H16N7O3S4.3Y/c1-5(9(16)23)13-28-14(29-13)10(24)17-8-11(25)22-6(2)7(3-26-12(8)22)4-27-15-18-20-21-19-15;;;/h12,14H,3-4H2,1-2H3,(H4,16,17,18,19,20,21,23,24);;;/q-1;;;/p-1. The van der Waals surface area contributed by atoms with Crippen LogP contribution < -0.4 is 16.1 Å². The number of nitrogens with zero attached hydrogens (tertiary/aromatic N) is 5. The third kappa shape index (κ3) is 6.64. The fourth-order valence-electron chi connectivity index (χ4n) is 2.73. The molecule has 1 atom stereocenters. The fraction of sp³-hybridized carbons (Fsp3) is 0.400. The van der Waals surface area contributed by atoms with Crippen LogP contribution in [0.4, 0.5) is 0 Å². The number of hydrogen-bond donors (Lipinski definition) is 2. The minimum Gasteiger partial charge on any atom is -0.475 e. The number of carbonyl (C=O) groups is 3. The molecule has 3 amide bonds. The SMILES string of the molecule is CC(C(N)=O)=C1SC(C(=O)N[C-]2C(=O)N3C(C)=C(CSc4nnn[n-]4)CSC23)S1.[Y].[Y].[Y]. The van der Waals surface area contributed by atoms with Crippen molar-refractivity contribution >= 4 is 64.8 Å². The summed E-state index contributed by atoms with van der Waals surface area (Å²) in [6.45, 7) is 3.54. The molecule has 0 aliphatic carbocycles. The summed E-state index contributed by atoms with van der Waals surface area (Å²) in [6.07, 6.45) is 0. The Labute approximate surface area is 277 Å². The average Bonchev–Trinajstić information content (AvgIpc) is 3.16. The van der Waals surface area contributed by atoms with E-state index in [1.165, 1.54) is 35.3 Å². The minimum absolute atomic E-state index is 0. The second kappa shape index (κ2) is 13.7. The van der Waals surface area contributed by atoms with E-state index in [9.17, 15) is 14.4 Å². The number of carbonyl (C=O) groups excluding carboxylic acids is 3. The number of primary amides is 1. The van der Waals surface area contributed by atoms with Gasteiger partial charge in [0, 0.05) is 121 Å². The second-order valence-corrected chi connectivity index (χ2v) is 11.0. The number of nitrogens with one attached hydrogen (secondary N) is 1. The number of thioether (sulfide) groups is 4. The van der Waals surface area contributed by atoms with Crippen LogP contribution >= 0.6 is 47.0 Å². The predicted octanol–water partition coefficient (Wildman–Crippen LogP) is 0.274. The Morgan fingerprint density at radius 3 is 2.62 bits per heavy atom. The van der Waals surface area contributed by atoms with Crippen LogP contribution in [-0.2, 0) is 113 Å². The molecule has 0 bridgehead atoms. The van der Waals surface area contributed by atoms with Crippen molar-refractivity contribution < 1.29 is 113 Å². The first-order valence-corrected chi connectivity index (χ1v) is 12.1. The van der Waals surface area contributed by atoms with E-state index in [-0.39, 0.29) is 115 Å². The molecule has 4 heterocycles. The molecule has 10 nitrogen and oxygen atoms in total. The van der Waals surface area contributed by atoms with Gasteiger partial charge in [0.2, 0.25) is 11.8 Å². The first kappa shape index (κ1) is 31.6. The van der Waals surface area contributed by atoms with Crippen LogP contribution in [0, 0.1) is 6.04 Å². The van der Waals surface area contributed by atoms with E-state index in [0.717, 1.165) is 21.3 Å². The number of fused-ring (bicyclic) bond motifs is 1. The van der Waals surface area contributed by atoms with E-state index in [0.29, 0.717) is 22.5 Å². The molecule has 2 fully saturated rings. The fourth-order valence-corrected chi connectivity index (χ4v) is 7.22. The van der Waals surface area contributed by atoms with E-state index in [1.807, 2.05) is 6.92 Å². The number of allylic oxidation sites excluding steroid dienone is 1. The van der Waals surface area contributed by atoms with Crippen molar-refractivity contribution in [1.82, 2.24) is 30.8 Å². The molecule has 1 aromatic heterocycles. The molecule has 4 rings (SSSR count). The van der Waals surface area contributed by atoms with E-state index in [2.05, 4.69) is 25.9 Å². The van der Waals surface area contributed by atoms with Gasteiger partial charge in [0.1, 0.15) is 10.5 Å². The van der Waals surface area contributed by atoms with Gasteiger partial charge in [0.15, 0.2) is 0 Å². The monoisotopic (exact) mass is 736 g/mol. The van der Waals surface area contributed by atoms with Gasteiger partial charge in [-0.3, -0.25) is 19.9 Å². The van der Waals surface area contributed by atoms with Crippen molar-refractivity contribution in [3.8, 4) is 0 Å². The van der Waals surface area contributed by atoms with E-state index in [1.54, 1.807) is 23.6 Å². The van der Waals surface area contributed by atoms with Crippen molar-refractivity contribution in [3.05, 3.63) is 27.1 Å². The molecular formula is C15H15N7O3S4Y3-2. The number of hydrogen-bond acceptors (Lipinski definition) is 10. The normalized spacial score (nSPS) is 21.2. The maximum atomic E-state index is 12.6. The summed E-state index contributed by atoms with van der Waals surface area (Å²) in [7, 11) is 0. The van der Waals surface area contributed by atoms with Crippen molar-refractivity contribution in [2.75, 3.05) is 11.5 Å². The summed E-state index contributed by atoms with van der Waals surface area (Å²) < 4.78 is 0.356. The van der Waals surface area contributed by atoms with Crippen LogP contribution in [0.25, 0.3) is 0 Å². The third-order valence-electron chi connectivity index (χ3n) is 4.47. The Morgan fingerprint density at radius 2 is 2.03 bits per heavy atom. The van der Waals surface area contributed by atoms with Crippen LogP contribution in [0.3, 0.4) is 0 Å². The van der Waals surface area contributed by atoms with Crippen molar-refractivity contribution in [3.63, 3.8) is 0 Å². The number of aromatic nitrogens is 4. The van der Waals surface area contributed by atoms with Gasteiger partial charge in [0.25, 0.3) is 0 Å².